The first-order valence-corrected chi connectivity index (χ1v) is 8.76. The average Bonchev–Trinajstić information content (AvgIpc) is 2.56. The molecule has 0 fully saturated rings. The molecule has 2 aromatic rings. The standard InChI is InChI=1S/C18H24N2S/c1-4-11-20-18(14(2)15-9-12-19-13-10-15)16-7-5-6-8-17(16)21-3/h5-10,12-14,18,20H,4,11H2,1-3H3. The minimum absolute atomic E-state index is 0.330. The topological polar surface area (TPSA) is 24.9 Å². The number of hydrogen-bond donors (Lipinski definition) is 1. The third-order valence-electron chi connectivity index (χ3n) is 3.82. The third-order valence-corrected chi connectivity index (χ3v) is 4.63. The maximum Gasteiger partial charge on any atom is 0.0398 e. The van der Waals surface area contributed by atoms with Gasteiger partial charge in [-0.05, 0) is 48.5 Å². The van der Waals surface area contributed by atoms with E-state index in [-0.39, 0.29) is 0 Å². The van der Waals surface area contributed by atoms with Gasteiger partial charge >= 0.3 is 0 Å². The summed E-state index contributed by atoms with van der Waals surface area (Å²) in [6.45, 7) is 5.53. The van der Waals surface area contributed by atoms with Gasteiger partial charge in [-0.2, -0.15) is 0 Å². The summed E-state index contributed by atoms with van der Waals surface area (Å²) in [7, 11) is 0. The van der Waals surface area contributed by atoms with Crippen LogP contribution in [0.15, 0.2) is 53.7 Å². The molecule has 1 N–H and O–H groups in total. The van der Waals surface area contributed by atoms with Crippen molar-refractivity contribution in [2.24, 2.45) is 0 Å². The lowest BCUT2D eigenvalue weighted by atomic mass is 9.89. The fourth-order valence-electron chi connectivity index (χ4n) is 2.64. The van der Waals surface area contributed by atoms with Crippen LogP contribution in [0.5, 0.6) is 0 Å². The fraction of sp³-hybridized carbons (Fsp3) is 0.389. The van der Waals surface area contributed by atoms with Crippen LogP contribution in [0, 0.1) is 0 Å². The number of nitrogens with one attached hydrogen (secondary N) is 1. The van der Waals surface area contributed by atoms with E-state index < -0.39 is 0 Å². The predicted molar refractivity (Wildman–Crippen MR) is 91.9 cm³/mol. The zero-order chi connectivity index (χ0) is 15.1. The van der Waals surface area contributed by atoms with Crippen LogP contribution in [-0.2, 0) is 0 Å². The molecule has 0 spiro atoms. The van der Waals surface area contributed by atoms with Crippen LogP contribution in [0.25, 0.3) is 0 Å². The van der Waals surface area contributed by atoms with Gasteiger partial charge in [0.1, 0.15) is 0 Å². The Morgan fingerprint density at radius 1 is 1.14 bits per heavy atom. The van der Waals surface area contributed by atoms with Crippen LogP contribution in [0.4, 0.5) is 0 Å². The van der Waals surface area contributed by atoms with Gasteiger partial charge < -0.3 is 5.32 Å². The summed E-state index contributed by atoms with van der Waals surface area (Å²) in [4.78, 5) is 5.48. The maximum atomic E-state index is 4.13. The van der Waals surface area contributed by atoms with Crippen LogP contribution in [-0.4, -0.2) is 17.8 Å². The lowest BCUT2D eigenvalue weighted by molar-refractivity contribution is 0.460. The van der Waals surface area contributed by atoms with Crippen LogP contribution >= 0.6 is 11.8 Å². The number of nitrogens with zero attached hydrogens (tertiary/aromatic N) is 1. The molecular formula is C18H24N2S. The molecule has 0 aliphatic rings. The number of pyridine rings is 1. The Balaban J connectivity index is 2.33. The third kappa shape index (κ3) is 4.08. The second-order valence-corrected chi connectivity index (χ2v) is 6.09. The van der Waals surface area contributed by atoms with Crippen molar-refractivity contribution in [3.8, 4) is 0 Å². The molecule has 2 atom stereocenters. The van der Waals surface area contributed by atoms with Crippen molar-refractivity contribution in [1.82, 2.24) is 10.3 Å². The molecule has 0 aliphatic heterocycles. The van der Waals surface area contributed by atoms with Crippen molar-refractivity contribution in [2.75, 3.05) is 12.8 Å². The van der Waals surface area contributed by atoms with Gasteiger partial charge in [-0.1, -0.05) is 32.0 Å². The molecule has 0 saturated heterocycles. The van der Waals surface area contributed by atoms with E-state index in [1.165, 1.54) is 16.0 Å². The molecule has 21 heavy (non-hydrogen) atoms. The van der Waals surface area contributed by atoms with E-state index >= 15 is 0 Å². The van der Waals surface area contributed by atoms with Gasteiger partial charge in [0, 0.05) is 29.2 Å². The number of benzene rings is 1. The van der Waals surface area contributed by atoms with Gasteiger partial charge in [0.25, 0.3) is 0 Å². The molecule has 3 heteroatoms. The highest BCUT2D eigenvalue weighted by molar-refractivity contribution is 7.98. The molecule has 2 unspecified atom stereocenters. The fourth-order valence-corrected chi connectivity index (χ4v) is 3.28. The van der Waals surface area contributed by atoms with Crippen LogP contribution < -0.4 is 5.32 Å². The second-order valence-electron chi connectivity index (χ2n) is 5.24. The van der Waals surface area contributed by atoms with Crippen molar-refractivity contribution < 1.29 is 0 Å². The Kier molecular flexibility index (Phi) is 6.27. The lowest BCUT2D eigenvalue weighted by Gasteiger charge is -2.27. The molecule has 0 saturated carbocycles. The summed E-state index contributed by atoms with van der Waals surface area (Å²) in [5.41, 5.74) is 2.72. The zero-order valence-electron chi connectivity index (χ0n) is 13.0. The van der Waals surface area contributed by atoms with E-state index in [4.69, 9.17) is 0 Å². The van der Waals surface area contributed by atoms with E-state index in [2.05, 4.69) is 66.8 Å². The smallest absolute Gasteiger partial charge is 0.0398 e. The number of thioether (sulfide) groups is 1. The van der Waals surface area contributed by atoms with E-state index in [0.29, 0.717) is 12.0 Å². The Labute approximate surface area is 132 Å². The monoisotopic (exact) mass is 300 g/mol. The first-order chi connectivity index (χ1) is 10.3. The minimum Gasteiger partial charge on any atom is -0.309 e. The highest BCUT2D eigenvalue weighted by atomic mass is 32.2. The molecule has 0 bridgehead atoms. The Hall–Kier alpha value is -1.32. The lowest BCUT2D eigenvalue weighted by Crippen LogP contribution is -2.27. The van der Waals surface area contributed by atoms with Crippen molar-refractivity contribution in [2.45, 2.75) is 37.1 Å². The molecule has 1 aromatic carbocycles. The normalized spacial score (nSPS) is 13.9. The van der Waals surface area contributed by atoms with E-state index in [1.807, 2.05) is 24.2 Å². The van der Waals surface area contributed by atoms with Crippen LogP contribution in [0.2, 0.25) is 0 Å². The van der Waals surface area contributed by atoms with Gasteiger partial charge in [-0.3, -0.25) is 4.98 Å². The first kappa shape index (κ1) is 16.1. The largest absolute Gasteiger partial charge is 0.309 e. The zero-order valence-corrected chi connectivity index (χ0v) is 13.9. The van der Waals surface area contributed by atoms with Crippen LogP contribution in [0.1, 0.15) is 43.4 Å². The number of hydrogen-bond acceptors (Lipinski definition) is 3. The van der Waals surface area contributed by atoms with Gasteiger partial charge in [-0.25, -0.2) is 0 Å². The Morgan fingerprint density at radius 2 is 1.86 bits per heavy atom. The minimum atomic E-state index is 0.330. The van der Waals surface area contributed by atoms with E-state index in [9.17, 15) is 0 Å². The van der Waals surface area contributed by atoms with Crippen molar-refractivity contribution in [3.63, 3.8) is 0 Å². The summed E-state index contributed by atoms with van der Waals surface area (Å²) < 4.78 is 0. The summed E-state index contributed by atoms with van der Waals surface area (Å²) >= 11 is 1.82. The van der Waals surface area contributed by atoms with E-state index in [1.54, 1.807) is 0 Å². The van der Waals surface area contributed by atoms with Crippen molar-refractivity contribution in [3.05, 3.63) is 59.9 Å². The highest BCUT2D eigenvalue weighted by Crippen LogP contribution is 2.35. The molecule has 2 rings (SSSR count). The highest BCUT2D eigenvalue weighted by Gasteiger charge is 2.22. The molecule has 0 radical (unpaired) electrons. The maximum absolute atomic E-state index is 4.13. The number of aromatic nitrogens is 1. The molecular weight excluding hydrogens is 276 g/mol. The second kappa shape index (κ2) is 8.20. The van der Waals surface area contributed by atoms with Gasteiger partial charge in [-0.15, -0.1) is 11.8 Å². The average molecular weight is 300 g/mol. The summed E-state index contributed by atoms with van der Waals surface area (Å²) in [5, 5.41) is 3.72. The van der Waals surface area contributed by atoms with Crippen LogP contribution in [0.3, 0.4) is 0 Å². The Morgan fingerprint density at radius 3 is 2.52 bits per heavy atom. The van der Waals surface area contributed by atoms with Gasteiger partial charge in [0.15, 0.2) is 0 Å². The summed E-state index contributed by atoms with van der Waals surface area (Å²) in [5.74, 6) is 0.410. The van der Waals surface area contributed by atoms with Crippen molar-refractivity contribution in [1.29, 1.82) is 0 Å². The molecule has 0 aliphatic carbocycles. The summed E-state index contributed by atoms with van der Waals surface area (Å²) in [6, 6.07) is 13.3. The SMILES string of the molecule is CCCNC(c1ccccc1SC)C(C)c1ccncc1. The van der Waals surface area contributed by atoms with E-state index in [0.717, 1.165) is 13.0 Å². The summed E-state index contributed by atoms with van der Waals surface area (Å²) in [6.07, 6.45) is 7.04. The van der Waals surface area contributed by atoms with Gasteiger partial charge in [0.2, 0.25) is 0 Å². The van der Waals surface area contributed by atoms with Crippen molar-refractivity contribution >= 4 is 11.8 Å². The molecule has 0 amide bonds. The Bertz CT molecular complexity index is 542. The molecule has 112 valence electrons. The quantitative estimate of drug-likeness (QED) is 0.754. The molecule has 1 heterocycles. The number of rotatable bonds is 7. The first-order valence-electron chi connectivity index (χ1n) is 7.54. The molecule has 2 nitrogen and oxygen atoms in total. The molecule has 1 aromatic heterocycles. The van der Waals surface area contributed by atoms with Gasteiger partial charge in [0.05, 0.1) is 0 Å². The predicted octanol–water partition coefficient (Wildman–Crippen LogP) is 4.65.